The van der Waals surface area contributed by atoms with E-state index in [9.17, 15) is 5.11 Å². The Morgan fingerprint density at radius 3 is 1.85 bits per heavy atom. The maximum atomic E-state index is 10.4. The van der Waals surface area contributed by atoms with E-state index in [2.05, 4.69) is 4.90 Å². The van der Waals surface area contributed by atoms with Crippen molar-refractivity contribution in [3.05, 3.63) is 69.7 Å². The molecule has 0 amide bonds. The molecule has 1 N–H and O–H groups in total. The number of piperidine rings is 1. The van der Waals surface area contributed by atoms with E-state index in [1.165, 1.54) is 19.3 Å². The van der Waals surface area contributed by atoms with E-state index in [4.69, 9.17) is 27.9 Å². The molecule has 0 unspecified atom stereocenters. The Bertz CT molecular complexity index is 624. The first kappa shape index (κ1) is 19.7. The van der Waals surface area contributed by atoms with Gasteiger partial charge in [0, 0.05) is 16.6 Å². The summed E-state index contributed by atoms with van der Waals surface area (Å²) < 4.78 is 6.13. The van der Waals surface area contributed by atoms with Gasteiger partial charge < -0.3 is 14.7 Å². The number of ether oxygens (including phenoxy) is 1. The zero-order valence-corrected chi connectivity index (χ0v) is 16.3. The first-order valence-electron chi connectivity index (χ1n) is 9.15. The lowest BCUT2D eigenvalue weighted by Gasteiger charge is -2.29. The van der Waals surface area contributed by atoms with E-state index in [0.29, 0.717) is 16.6 Å². The lowest BCUT2D eigenvalue weighted by Crippen LogP contribution is -2.38. The van der Waals surface area contributed by atoms with E-state index in [-0.39, 0.29) is 12.7 Å². The average Bonchev–Trinajstić information content (AvgIpc) is 2.65. The fraction of sp³-hybridized carbons (Fsp3) is 0.429. The molecule has 1 aliphatic rings. The summed E-state index contributed by atoms with van der Waals surface area (Å²) >= 11 is 12.0. The maximum absolute atomic E-state index is 10.4. The molecule has 3 rings (SSSR count). The summed E-state index contributed by atoms with van der Waals surface area (Å²) in [6, 6.07) is 15.2. The summed E-state index contributed by atoms with van der Waals surface area (Å²) in [5.41, 5.74) is 2.00. The van der Waals surface area contributed by atoms with Crippen LogP contribution < -0.4 is 0 Å². The molecule has 1 atom stereocenters. The fourth-order valence-electron chi connectivity index (χ4n) is 3.36. The van der Waals surface area contributed by atoms with Crippen LogP contribution in [0, 0.1) is 0 Å². The number of benzene rings is 2. The smallest absolute Gasteiger partial charge is 0.108 e. The van der Waals surface area contributed by atoms with Crippen molar-refractivity contribution in [3.63, 3.8) is 0 Å². The number of aliphatic hydroxyl groups is 1. The van der Waals surface area contributed by atoms with Crippen LogP contribution in [0.4, 0.5) is 0 Å². The molecule has 0 radical (unpaired) electrons. The van der Waals surface area contributed by atoms with Crippen LogP contribution >= 0.6 is 23.2 Å². The molecule has 1 heterocycles. The van der Waals surface area contributed by atoms with Crippen molar-refractivity contribution in [2.45, 2.75) is 31.5 Å². The number of nitrogens with zero attached hydrogens (tertiary/aromatic N) is 1. The Labute approximate surface area is 165 Å². The predicted molar refractivity (Wildman–Crippen MR) is 107 cm³/mol. The minimum Gasteiger partial charge on any atom is -0.389 e. The SMILES string of the molecule is O[C@@H](COC(c1ccc(Cl)cc1)c1ccc(Cl)cc1)CN1CCCCC1. The van der Waals surface area contributed by atoms with Crippen LogP contribution in [0.1, 0.15) is 36.5 Å². The van der Waals surface area contributed by atoms with Crippen LogP contribution in [-0.2, 0) is 4.74 Å². The number of hydrogen-bond donors (Lipinski definition) is 1. The van der Waals surface area contributed by atoms with Crippen LogP contribution in [0.25, 0.3) is 0 Å². The van der Waals surface area contributed by atoms with Crippen LogP contribution in [0.3, 0.4) is 0 Å². The van der Waals surface area contributed by atoms with Crippen LogP contribution in [0.5, 0.6) is 0 Å². The van der Waals surface area contributed by atoms with Crippen LogP contribution in [0.2, 0.25) is 10.0 Å². The number of β-amino-alcohol motifs (C(OH)–C–C–N with tert-alkyl or cyclic N) is 1. The summed E-state index contributed by atoms with van der Waals surface area (Å²) in [5, 5.41) is 11.8. The molecular formula is C21H25Cl2NO2. The van der Waals surface area contributed by atoms with Gasteiger partial charge in [-0.25, -0.2) is 0 Å². The molecule has 2 aromatic carbocycles. The van der Waals surface area contributed by atoms with Crippen molar-refractivity contribution >= 4 is 23.2 Å². The number of halogens is 2. The van der Waals surface area contributed by atoms with Gasteiger partial charge in [0.1, 0.15) is 6.10 Å². The van der Waals surface area contributed by atoms with Gasteiger partial charge in [-0.15, -0.1) is 0 Å². The van der Waals surface area contributed by atoms with E-state index >= 15 is 0 Å². The highest BCUT2D eigenvalue weighted by atomic mass is 35.5. The highest BCUT2D eigenvalue weighted by molar-refractivity contribution is 6.30. The molecule has 0 aliphatic carbocycles. The first-order valence-corrected chi connectivity index (χ1v) is 9.90. The maximum Gasteiger partial charge on any atom is 0.108 e. The summed E-state index contributed by atoms with van der Waals surface area (Å²) in [6.45, 7) is 3.07. The second kappa shape index (κ2) is 9.72. The van der Waals surface area contributed by atoms with Gasteiger partial charge in [0.05, 0.1) is 12.7 Å². The standard InChI is InChI=1S/C21H25Cl2NO2/c22-18-8-4-16(5-9-18)21(17-6-10-19(23)11-7-17)26-15-20(25)14-24-12-2-1-3-13-24/h4-11,20-21,25H,1-3,12-15H2/t20-/m1/s1. The van der Waals surface area contributed by atoms with E-state index in [1.807, 2.05) is 48.5 Å². The summed E-state index contributed by atoms with van der Waals surface area (Å²) in [7, 11) is 0. The molecule has 1 saturated heterocycles. The van der Waals surface area contributed by atoms with Gasteiger partial charge in [-0.05, 0) is 61.3 Å². The van der Waals surface area contributed by atoms with Crippen LogP contribution in [0.15, 0.2) is 48.5 Å². The Kier molecular flexibility index (Phi) is 7.35. The van der Waals surface area contributed by atoms with Crippen molar-refractivity contribution in [2.24, 2.45) is 0 Å². The van der Waals surface area contributed by atoms with Gasteiger partial charge in [-0.2, -0.15) is 0 Å². The van der Waals surface area contributed by atoms with Gasteiger partial charge >= 0.3 is 0 Å². The highest BCUT2D eigenvalue weighted by Gasteiger charge is 2.19. The largest absolute Gasteiger partial charge is 0.389 e. The Morgan fingerprint density at radius 2 is 1.35 bits per heavy atom. The van der Waals surface area contributed by atoms with Gasteiger partial charge in [0.25, 0.3) is 0 Å². The fourth-order valence-corrected chi connectivity index (χ4v) is 3.61. The Morgan fingerprint density at radius 1 is 0.846 bits per heavy atom. The number of hydrogen-bond acceptors (Lipinski definition) is 3. The molecule has 2 aromatic rings. The molecule has 140 valence electrons. The minimum absolute atomic E-state index is 0.263. The molecule has 1 aliphatic heterocycles. The van der Waals surface area contributed by atoms with Crippen molar-refractivity contribution in [1.29, 1.82) is 0 Å². The molecule has 1 fully saturated rings. The number of rotatable bonds is 7. The van der Waals surface area contributed by atoms with Crippen molar-refractivity contribution < 1.29 is 9.84 Å². The van der Waals surface area contributed by atoms with Gasteiger partial charge in [0.15, 0.2) is 0 Å². The zero-order valence-electron chi connectivity index (χ0n) is 14.8. The lowest BCUT2D eigenvalue weighted by atomic mass is 10.0. The minimum atomic E-state index is -0.504. The third kappa shape index (κ3) is 5.70. The lowest BCUT2D eigenvalue weighted by molar-refractivity contribution is -0.0104. The summed E-state index contributed by atoms with van der Waals surface area (Å²) in [5.74, 6) is 0. The molecule has 3 nitrogen and oxygen atoms in total. The van der Waals surface area contributed by atoms with Crippen LogP contribution in [-0.4, -0.2) is 42.4 Å². The average molecular weight is 394 g/mol. The van der Waals surface area contributed by atoms with Gasteiger partial charge in [-0.3, -0.25) is 0 Å². The quantitative estimate of drug-likeness (QED) is 0.722. The zero-order chi connectivity index (χ0) is 18.4. The van der Waals surface area contributed by atoms with Crippen molar-refractivity contribution in [2.75, 3.05) is 26.2 Å². The molecule has 0 spiro atoms. The number of aliphatic hydroxyl groups excluding tert-OH is 1. The van der Waals surface area contributed by atoms with E-state index in [1.54, 1.807) is 0 Å². The monoisotopic (exact) mass is 393 g/mol. The van der Waals surface area contributed by atoms with Crippen molar-refractivity contribution in [3.8, 4) is 0 Å². The normalized spacial score (nSPS) is 16.8. The highest BCUT2D eigenvalue weighted by Crippen LogP contribution is 2.28. The Balaban J connectivity index is 1.67. The molecule has 26 heavy (non-hydrogen) atoms. The third-order valence-corrected chi connectivity index (χ3v) is 5.22. The predicted octanol–water partition coefficient (Wildman–Crippen LogP) is 4.95. The number of likely N-dealkylation sites (tertiary alicyclic amines) is 1. The molecule has 0 aromatic heterocycles. The van der Waals surface area contributed by atoms with E-state index in [0.717, 1.165) is 24.2 Å². The first-order chi connectivity index (χ1) is 12.6. The molecular weight excluding hydrogens is 369 g/mol. The van der Waals surface area contributed by atoms with Gasteiger partial charge in [-0.1, -0.05) is 53.9 Å². The summed E-state index contributed by atoms with van der Waals surface area (Å²) in [6.07, 6.45) is 2.95. The van der Waals surface area contributed by atoms with Crippen molar-refractivity contribution in [1.82, 2.24) is 4.90 Å². The second-order valence-electron chi connectivity index (χ2n) is 6.83. The molecule has 0 bridgehead atoms. The van der Waals surface area contributed by atoms with Gasteiger partial charge in [0.2, 0.25) is 0 Å². The molecule has 5 heteroatoms. The second-order valence-corrected chi connectivity index (χ2v) is 7.70. The van der Waals surface area contributed by atoms with E-state index < -0.39 is 6.10 Å². The summed E-state index contributed by atoms with van der Waals surface area (Å²) in [4.78, 5) is 2.32. The third-order valence-electron chi connectivity index (χ3n) is 4.72. The topological polar surface area (TPSA) is 32.7 Å². The Hall–Kier alpha value is -1.10. The molecule has 0 saturated carbocycles.